The highest BCUT2D eigenvalue weighted by Crippen LogP contribution is 2.26. The molecule has 1 unspecified atom stereocenters. The van der Waals surface area contributed by atoms with E-state index in [1.54, 1.807) is 7.11 Å². The summed E-state index contributed by atoms with van der Waals surface area (Å²) < 4.78 is 5.39. The fourth-order valence-corrected chi connectivity index (χ4v) is 4.01. The minimum Gasteiger partial charge on any atom is -0.399 e. The number of nitrogens with zero attached hydrogens (tertiary/aromatic N) is 3. The van der Waals surface area contributed by atoms with Crippen molar-refractivity contribution in [2.24, 2.45) is 5.16 Å². The number of benzene rings is 2. The minimum atomic E-state index is 0.0665. The molecular formula is C25H29N5O3. The maximum absolute atomic E-state index is 10.5. The third kappa shape index (κ3) is 6.12. The van der Waals surface area contributed by atoms with Crippen LogP contribution < -0.4 is 10.6 Å². The standard InChI is InChI=1S/C13H10O.C12H19N5O2/c14-10-11-6-8-13(9-7-11)12-4-2-1-3-5-12;1-18-16-9-6-10(14-7-9)12-15-11(17-19-12)8-2-4-13-5-3-8/h1-10H;8,10,13-14H,2-7H2,1H3. The van der Waals surface area contributed by atoms with E-state index in [1.807, 2.05) is 42.5 Å². The summed E-state index contributed by atoms with van der Waals surface area (Å²) in [6, 6.07) is 17.7. The fraction of sp³-hybridized carbons (Fsp3) is 0.360. The van der Waals surface area contributed by atoms with E-state index in [0.29, 0.717) is 23.9 Å². The van der Waals surface area contributed by atoms with Crippen molar-refractivity contribution in [3.63, 3.8) is 0 Å². The number of hydrogen-bond acceptors (Lipinski definition) is 8. The van der Waals surface area contributed by atoms with E-state index in [0.717, 1.165) is 55.7 Å². The minimum absolute atomic E-state index is 0.0665. The maximum Gasteiger partial charge on any atom is 0.244 e. The second-order valence-electron chi connectivity index (χ2n) is 8.10. The molecule has 2 aliphatic rings. The Morgan fingerprint density at radius 2 is 1.79 bits per heavy atom. The molecule has 2 aliphatic heterocycles. The molecule has 0 amide bonds. The Kier molecular flexibility index (Phi) is 7.94. The van der Waals surface area contributed by atoms with Crippen molar-refractivity contribution in [2.45, 2.75) is 31.2 Å². The molecule has 0 aliphatic carbocycles. The number of carbonyl (C=O) groups is 1. The molecule has 0 saturated carbocycles. The molecule has 1 aromatic heterocycles. The predicted molar refractivity (Wildman–Crippen MR) is 126 cm³/mol. The summed E-state index contributed by atoms with van der Waals surface area (Å²) >= 11 is 0. The van der Waals surface area contributed by atoms with E-state index < -0.39 is 0 Å². The van der Waals surface area contributed by atoms with E-state index in [1.165, 1.54) is 5.56 Å². The van der Waals surface area contributed by atoms with E-state index in [9.17, 15) is 4.79 Å². The Bertz CT molecular complexity index is 1040. The lowest BCUT2D eigenvalue weighted by Crippen LogP contribution is -2.27. The number of rotatable bonds is 5. The molecule has 2 aromatic carbocycles. The molecule has 2 N–H and O–H groups in total. The number of nitrogens with one attached hydrogen (secondary N) is 2. The van der Waals surface area contributed by atoms with Gasteiger partial charge in [0.2, 0.25) is 5.89 Å². The topological polar surface area (TPSA) is 102 Å². The highest BCUT2D eigenvalue weighted by atomic mass is 16.6. The Balaban J connectivity index is 0.000000165. The maximum atomic E-state index is 10.5. The van der Waals surface area contributed by atoms with Gasteiger partial charge in [-0.3, -0.25) is 4.79 Å². The van der Waals surface area contributed by atoms with E-state index in [4.69, 9.17) is 9.36 Å². The molecule has 0 spiro atoms. The van der Waals surface area contributed by atoms with Crippen molar-refractivity contribution in [1.29, 1.82) is 0 Å². The average Bonchev–Trinajstić information content (AvgIpc) is 3.56. The highest BCUT2D eigenvalue weighted by Gasteiger charge is 2.29. The SMILES string of the molecule is CON=C1CNC(c2nc(C3CCNCC3)no2)C1.O=Cc1ccc(-c2ccccc2)cc1. The number of hydrogen-bond donors (Lipinski definition) is 2. The Labute approximate surface area is 193 Å². The molecule has 33 heavy (non-hydrogen) atoms. The molecule has 8 nitrogen and oxygen atoms in total. The molecule has 172 valence electrons. The number of aromatic nitrogens is 2. The molecule has 8 heteroatoms. The van der Waals surface area contributed by atoms with Crippen LogP contribution in [0.5, 0.6) is 0 Å². The molecule has 0 bridgehead atoms. The van der Waals surface area contributed by atoms with Gasteiger partial charge in [-0.2, -0.15) is 4.98 Å². The molecule has 2 fully saturated rings. The van der Waals surface area contributed by atoms with Crippen LogP contribution in [0.2, 0.25) is 0 Å². The first-order valence-electron chi connectivity index (χ1n) is 11.2. The first-order valence-corrected chi connectivity index (χ1v) is 11.2. The highest BCUT2D eigenvalue weighted by molar-refractivity contribution is 5.88. The van der Waals surface area contributed by atoms with Crippen molar-refractivity contribution in [1.82, 2.24) is 20.8 Å². The van der Waals surface area contributed by atoms with Crippen molar-refractivity contribution in [3.8, 4) is 11.1 Å². The van der Waals surface area contributed by atoms with Gasteiger partial charge in [0.15, 0.2) is 5.82 Å². The summed E-state index contributed by atoms with van der Waals surface area (Å²) in [5.74, 6) is 1.93. The monoisotopic (exact) mass is 447 g/mol. The Morgan fingerprint density at radius 3 is 2.48 bits per heavy atom. The molecular weight excluding hydrogens is 418 g/mol. The Morgan fingerprint density at radius 1 is 1.06 bits per heavy atom. The summed E-state index contributed by atoms with van der Waals surface area (Å²) in [6.45, 7) is 2.77. The van der Waals surface area contributed by atoms with Crippen LogP contribution in [-0.4, -0.2) is 48.9 Å². The number of aldehydes is 1. The van der Waals surface area contributed by atoms with E-state index >= 15 is 0 Å². The predicted octanol–water partition coefficient (Wildman–Crippen LogP) is 3.74. The van der Waals surface area contributed by atoms with Crippen LogP contribution in [0, 0.1) is 0 Å². The third-order valence-corrected chi connectivity index (χ3v) is 5.83. The van der Waals surface area contributed by atoms with Gasteiger partial charge in [0.1, 0.15) is 13.4 Å². The van der Waals surface area contributed by atoms with Crippen LogP contribution in [0.4, 0.5) is 0 Å². The lowest BCUT2D eigenvalue weighted by atomic mass is 9.98. The molecule has 3 aromatic rings. The zero-order chi connectivity index (χ0) is 22.9. The van der Waals surface area contributed by atoms with Gasteiger partial charge < -0.3 is 20.0 Å². The summed E-state index contributed by atoms with van der Waals surface area (Å²) in [6.07, 6.45) is 3.78. The van der Waals surface area contributed by atoms with Gasteiger partial charge >= 0.3 is 0 Å². The summed E-state index contributed by atoms with van der Waals surface area (Å²) in [5.41, 5.74) is 4.00. The smallest absolute Gasteiger partial charge is 0.244 e. The lowest BCUT2D eigenvalue weighted by Gasteiger charge is -2.19. The fourth-order valence-electron chi connectivity index (χ4n) is 4.01. The number of oxime groups is 1. The largest absolute Gasteiger partial charge is 0.399 e. The normalized spacial score (nSPS) is 19.7. The summed E-state index contributed by atoms with van der Waals surface area (Å²) in [4.78, 5) is 19.8. The van der Waals surface area contributed by atoms with Crippen molar-refractivity contribution in [2.75, 3.05) is 26.7 Å². The zero-order valence-electron chi connectivity index (χ0n) is 18.7. The van der Waals surface area contributed by atoms with Crippen LogP contribution in [0.1, 0.15) is 53.3 Å². The van der Waals surface area contributed by atoms with E-state index in [2.05, 4.69) is 38.1 Å². The van der Waals surface area contributed by atoms with Crippen molar-refractivity contribution < 1.29 is 14.2 Å². The van der Waals surface area contributed by atoms with Gasteiger partial charge in [0, 0.05) is 24.4 Å². The molecule has 5 rings (SSSR count). The van der Waals surface area contributed by atoms with Crippen LogP contribution >= 0.6 is 0 Å². The molecule has 1 atom stereocenters. The van der Waals surface area contributed by atoms with Gasteiger partial charge in [-0.05, 0) is 37.1 Å². The lowest BCUT2D eigenvalue weighted by molar-refractivity contribution is 0.112. The summed E-state index contributed by atoms with van der Waals surface area (Å²) in [5, 5.41) is 14.7. The van der Waals surface area contributed by atoms with Gasteiger partial charge in [-0.15, -0.1) is 0 Å². The second kappa shape index (κ2) is 11.5. The van der Waals surface area contributed by atoms with E-state index in [-0.39, 0.29) is 6.04 Å². The van der Waals surface area contributed by atoms with Gasteiger partial charge in [-0.1, -0.05) is 64.9 Å². The van der Waals surface area contributed by atoms with Crippen molar-refractivity contribution in [3.05, 3.63) is 71.9 Å². The van der Waals surface area contributed by atoms with Crippen LogP contribution in [-0.2, 0) is 4.84 Å². The molecule has 3 heterocycles. The number of carbonyl (C=O) groups excluding carboxylic acids is 1. The van der Waals surface area contributed by atoms with Crippen LogP contribution in [0.3, 0.4) is 0 Å². The molecule has 0 radical (unpaired) electrons. The first kappa shape index (κ1) is 22.8. The molecule has 2 saturated heterocycles. The quantitative estimate of drug-likeness (QED) is 0.454. The third-order valence-electron chi connectivity index (χ3n) is 5.83. The van der Waals surface area contributed by atoms with Gasteiger partial charge in [0.05, 0.1) is 11.8 Å². The average molecular weight is 448 g/mol. The van der Waals surface area contributed by atoms with Gasteiger partial charge in [0.25, 0.3) is 0 Å². The zero-order valence-corrected chi connectivity index (χ0v) is 18.7. The van der Waals surface area contributed by atoms with Crippen LogP contribution in [0.15, 0.2) is 64.3 Å². The van der Waals surface area contributed by atoms with Crippen molar-refractivity contribution >= 4 is 12.0 Å². The first-order chi connectivity index (χ1) is 16.3. The summed E-state index contributed by atoms with van der Waals surface area (Å²) in [7, 11) is 1.56. The Hall–Kier alpha value is -3.36. The van der Waals surface area contributed by atoms with Gasteiger partial charge in [-0.25, -0.2) is 0 Å². The number of piperidine rings is 1. The van der Waals surface area contributed by atoms with Crippen LogP contribution in [0.25, 0.3) is 11.1 Å². The second-order valence-corrected chi connectivity index (χ2v) is 8.10.